The molecule has 2 heterocycles. The monoisotopic (exact) mass is 694 g/mol. The van der Waals surface area contributed by atoms with E-state index in [2.05, 4.69) is 28.0 Å². The summed E-state index contributed by atoms with van der Waals surface area (Å²) in [4.78, 5) is 26.8. The van der Waals surface area contributed by atoms with Crippen LogP contribution in [0.2, 0.25) is 10.0 Å². The molecular formula is C32H38Cl2F6N4O2. The van der Waals surface area contributed by atoms with E-state index < -0.39 is 24.2 Å². The summed E-state index contributed by atoms with van der Waals surface area (Å²) in [5.41, 5.74) is 4.08. The second-order valence-corrected chi connectivity index (χ2v) is 13.1. The molecule has 2 saturated heterocycles. The highest BCUT2D eigenvalue weighted by Crippen LogP contribution is 2.31. The molecule has 2 aromatic rings. The minimum Gasteiger partial charge on any atom is -0.348 e. The second-order valence-electron chi connectivity index (χ2n) is 12.2. The van der Waals surface area contributed by atoms with Gasteiger partial charge in [0.05, 0.1) is 0 Å². The summed E-state index contributed by atoms with van der Waals surface area (Å²) in [5.74, 6) is -3.32. The number of amides is 2. The molecule has 2 fully saturated rings. The maximum absolute atomic E-state index is 12.4. The molecule has 0 bridgehead atoms. The Hall–Kier alpha value is -2.54. The van der Waals surface area contributed by atoms with Gasteiger partial charge in [-0.2, -0.15) is 26.3 Å². The van der Waals surface area contributed by atoms with Gasteiger partial charge in [0, 0.05) is 36.2 Å². The third-order valence-electron chi connectivity index (χ3n) is 8.67. The number of likely N-dealkylation sites (tertiary alicyclic amines) is 2. The van der Waals surface area contributed by atoms with Crippen LogP contribution in [0.5, 0.6) is 0 Å². The topological polar surface area (TPSA) is 64.7 Å². The Morgan fingerprint density at radius 1 is 0.630 bits per heavy atom. The third-order valence-corrected chi connectivity index (χ3v) is 9.10. The molecule has 2 aliphatic heterocycles. The molecule has 0 atom stereocenters. The molecule has 46 heavy (non-hydrogen) atoms. The lowest BCUT2D eigenvalue weighted by Crippen LogP contribution is -2.39. The predicted octanol–water partition coefficient (Wildman–Crippen LogP) is 7.22. The molecule has 6 nitrogen and oxygen atoms in total. The summed E-state index contributed by atoms with van der Waals surface area (Å²) in [6.07, 6.45) is -5.42. The lowest BCUT2D eigenvalue weighted by Gasteiger charge is -2.33. The Morgan fingerprint density at radius 2 is 1.00 bits per heavy atom. The first kappa shape index (κ1) is 36.3. The quantitative estimate of drug-likeness (QED) is 0.244. The predicted molar refractivity (Wildman–Crippen MR) is 165 cm³/mol. The number of piperidine rings is 2. The van der Waals surface area contributed by atoms with Crippen molar-refractivity contribution < 1.29 is 35.9 Å². The fourth-order valence-electron chi connectivity index (χ4n) is 6.20. The van der Waals surface area contributed by atoms with Crippen LogP contribution >= 0.6 is 23.2 Å². The van der Waals surface area contributed by atoms with Gasteiger partial charge in [-0.3, -0.25) is 19.4 Å². The number of hydrogen-bond acceptors (Lipinski definition) is 4. The maximum atomic E-state index is 12.4. The third kappa shape index (κ3) is 11.3. The van der Waals surface area contributed by atoms with Crippen LogP contribution in [-0.4, -0.2) is 73.2 Å². The number of carbonyl (C=O) groups is 2. The summed E-state index contributed by atoms with van der Waals surface area (Å²) in [6.45, 7) is 4.55. The molecule has 0 saturated carbocycles. The number of rotatable bonds is 11. The van der Waals surface area contributed by atoms with Crippen molar-refractivity contribution in [1.82, 2.24) is 20.4 Å². The van der Waals surface area contributed by atoms with Crippen LogP contribution in [-0.2, 0) is 22.7 Å². The van der Waals surface area contributed by atoms with Crippen molar-refractivity contribution in [3.63, 3.8) is 0 Å². The number of halogens is 8. The maximum Gasteiger partial charge on any atom is 0.471 e. The van der Waals surface area contributed by atoms with Gasteiger partial charge in [-0.05, 0) is 129 Å². The van der Waals surface area contributed by atoms with E-state index in [0.717, 1.165) is 74.1 Å². The zero-order valence-electron chi connectivity index (χ0n) is 25.3. The van der Waals surface area contributed by atoms with Crippen molar-refractivity contribution in [1.29, 1.82) is 0 Å². The van der Waals surface area contributed by atoms with Gasteiger partial charge in [0.2, 0.25) is 0 Å². The summed E-state index contributed by atoms with van der Waals surface area (Å²) < 4.78 is 74.7. The number of carbonyl (C=O) groups excluding carboxylic acids is 2. The molecular weight excluding hydrogens is 657 g/mol. The average molecular weight is 696 g/mol. The van der Waals surface area contributed by atoms with Crippen molar-refractivity contribution in [3.05, 3.63) is 57.6 Å². The van der Waals surface area contributed by atoms with Gasteiger partial charge in [-0.25, -0.2) is 0 Å². The Balaban J connectivity index is 1.35. The van der Waals surface area contributed by atoms with Crippen molar-refractivity contribution in [2.75, 3.05) is 39.3 Å². The molecule has 0 spiro atoms. The van der Waals surface area contributed by atoms with Gasteiger partial charge in [0.15, 0.2) is 0 Å². The zero-order chi connectivity index (χ0) is 33.5. The Bertz CT molecular complexity index is 1250. The van der Waals surface area contributed by atoms with Gasteiger partial charge in [0.25, 0.3) is 0 Å². The molecule has 14 heteroatoms. The minimum absolute atomic E-state index is 0.00246. The fraction of sp³-hybridized carbons (Fsp3) is 0.562. The van der Waals surface area contributed by atoms with Gasteiger partial charge in [-0.15, -0.1) is 0 Å². The molecule has 2 N–H and O–H groups in total. The highest BCUT2D eigenvalue weighted by atomic mass is 35.5. The Labute approximate surface area is 274 Å². The smallest absolute Gasteiger partial charge is 0.348 e. The molecule has 254 valence electrons. The highest BCUT2D eigenvalue weighted by molar-refractivity contribution is 6.35. The van der Waals surface area contributed by atoms with E-state index in [1.807, 2.05) is 22.8 Å². The van der Waals surface area contributed by atoms with Gasteiger partial charge >= 0.3 is 24.2 Å². The van der Waals surface area contributed by atoms with Gasteiger partial charge < -0.3 is 10.6 Å². The SMILES string of the molecule is O=C(NCCC1CCN(Cc2cc(CN3CCC(CCNC(=O)C(F)(F)F)CC3)cc(-c3cc(Cl)cc(Cl)c3)c2)CC1)C(F)(F)F. The van der Waals surface area contributed by atoms with E-state index in [4.69, 9.17) is 23.2 Å². The first-order valence-corrected chi connectivity index (χ1v) is 16.2. The van der Waals surface area contributed by atoms with E-state index in [1.54, 1.807) is 6.07 Å². The van der Waals surface area contributed by atoms with Crippen LogP contribution in [0, 0.1) is 11.8 Å². The molecule has 0 unspecified atom stereocenters. The van der Waals surface area contributed by atoms with Crippen LogP contribution in [0.3, 0.4) is 0 Å². The van der Waals surface area contributed by atoms with Crippen molar-refractivity contribution in [3.8, 4) is 11.1 Å². The number of hydrogen-bond donors (Lipinski definition) is 2. The van der Waals surface area contributed by atoms with Crippen LogP contribution in [0.1, 0.15) is 49.7 Å². The number of nitrogens with zero attached hydrogens (tertiary/aromatic N) is 2. The Kier molecular flexibility index (Phi) is 12.7. The summed E-state index contributed by atoms with van der Waals surface area (Å²) in [5, 5.41) is 4.96. The normalized spacial score (nSPS) is 17.7. The van der Waals surface area contributed by atoms with Crippen molar-refractivity contribution >= 4 is 35.0 Å². The largest absolute Gasteiger partial charge is 0.471 e. The van der Waals surface area contributed by atoms with Gasteiger partial charge in [0.1, 0.15) is 0 Å². The van der Waals surface area contributed by atoms with E-state index in [1.165, 1.54) is 0 Å². The molecule has 2 aromatic carbocycles. The number of benzene rings is 2. The summed E-state index contributed by atoms with van der Waals surface area (Å²) >= 11 is 12.6. The molecule has 2 amide bonds. The first-order chi connectivity index (χ1) is 21.7. The Morgan fingerprint density at radius 3 is 1.37 bits per heavy atom. The van der Waals surface area contributed by atoms with E-state index in [9.17, 15) is 35.9 Å². The van der Waals surface area contributed by atoms with Crippen molar-refractivity contribution in [2.24, 2.45) is 11.8 Å². The van der Waals surface area contributed by atoms with E-state index in [0.29, 0.717) is 36.0 Å². The fourth-order valence-corrected chi connectivity index (χ4v) is 6.72. The van der Waals surface area contributed by atoms with E-state index >= 15 is 0 Å². The van der Waals surface area contributed by atoms with Crippen LogP contribution in [0.25, 0.3) is 11.1 Å². The molecule has 0 aliphatic carbocycles. The molecule has 0 aromatic heterocycles. The van der Waals surface area contributed by atoms with Crippen LogP contribution < -0.4 is 10.6 Å². The summed E-state index contributed by atoms with van der Waals surface area (Å²) in [6, 6.07) is 11.8. The van der Waals surface area contributed by atoms with Crippen LogP contribution in [0.4, 0.5) is 26.3 Å². The minimum atomic E-state index is -4.87. The highest BCUT2D eigenvalue weighted by Gasteiger charge is 2.39. The molecule has 4 rings (SSSR count). The molecule has 0 radical (unpaired) electrons. The first-order valence-electron chi connectivity index (χ1n) is 15.4. The van der Waals surface area contributed by atoms with Gasteiger partial charge in [-0.1, -0.05) is 29.3 Å². The number of alkyl halides is 6. The zero-order valence-corrected chi connectivity index (χ0v) is 26.8. The van der Waals surface area contributed by atoms with Crippen LogP contribution in [0.15, 0.2) is 36.4 Å². The second kappa shape index (κ2) is 16.0. The lowest BCUT2D eigenvalue weighted by atomic mass is 9.92. The number of nitrogens with one attached hydrogen (secondary N) is 2. The summed E-state index contributed by atoms with van der Waals surface area (Å²) in [7, 11) is 0. The standard InChI is InChI=1S/C32H38Cl2F6N4O2/c33-27-16-26(17-28(34)18-27)25-14-23(19-43-9-3-21(4-10-43)1-7-41-29(45)31(35,36)37)13-24(15-25)20-44-11-5-22(6-12-44)2-8-42-30(46)32(38,39)40/h13-18,21-22H,1-12,19-20H2,(H,41,45)(H,42,46). The average Bonchev–Trinajstić information content (AvgIpc) is 2.97. The van der Waals surface area contributed by atoms with E-state index in [-0.39, 0.29) is 24.9 Å². The molecule has 2 aliphatic rings. The van der Waals surface area contributed by atoms with Crippen molar-refractivity contribution in [2.45, 2.75) is 64.0 Å². The lowest BCUT2D eigenvalue weighted by molar-refractivity contribution is -0.173.